The summed E-state index contributed by atoms with van der Waals surface area (Å²) in [6, 6.07) is 1.90. The maximum absolute atomic E-state index is 13.0. The Morgan fingerprint density at radius 2 is 1.94 bits per heavy atom. The van der Waals surface area contributed by atoms with Crippen LogP contribution in [-0.4, -0.2) is 74.5 Å². The molecule has 1 aromatic carbocycles. The summed E-state index contributed by atoms with van der Waals surface area (Å²) in [6.07, 6.45) is -2.82. The highest BCUT2D eigenvalue weighted by Gasteiger charge is 2.34. The lowest BCUT2D eigenvalue weighted by molar-refractivity contribution is -0.133. The number of primary amides is 1. The van der Waals surface area contributed by atoms with Gasteiger partial charge in [-0.2, -0.15) is 8.78 Å². The molecule has 0 aliphatic carbocycles. The highest BCUT2D eigenvalue weighted by atomic mass is 19.3. The number of benzene rings is 1. The molecule has 0 radical (unpaired) electrons. The molecule has 13 heteroatoms. The number of halogens is 4. The van der Waals surface area contributed by atoms with Crippen LogP contribution in [0.25, 0.3) is 0 Å². The highest BCUT2D eigenvalue weighted by Crippen LogP contribution is 2.33. The molecule has 33 heavy (non-hydrogen) atoms. The van der Waals surface area contributed by atoms with E-state index in [1.165, 1.54) is 17.0 Å². The van der Waals surface area contributed by atoms with Crippen LogP contribution in [0.3, 0.4) is 0 Å². The smallest absolute Gasteiger partial charge is 0.387 e. The first-order valence-electron chi connectivity index (χ1n) is 10.1. The molecule has 9 nitrogen and oxygen atoms in total. The Kier molecular flexibility index (Phi) is 9.41. The lowest BCUT2D eigenvalue weighted by atomic mass is 10.1. The Labute approximate surface area is 187 Å². The van der Waals surface area contributed by atoms with E-state index in [1.54, 1.807) is 13.8 Å². The minimum atomic E-state index is -3.23. The van der Waals surface area contributed by atoms with Crippen LogP contribution < -0.4 is 20.7 Å². The number of nitrogens with zero attached hydrogens (tertiary/aromatic N) is 2. The van der Waals surface area contributed by atoms with Gasteiger partial charge in [0.15, 0.2) is 11.8 Å². The summed E-state index contributed by atoms with van der Waals surface area (Å²) in [4.78, 5) is 38.9. The summed E-state index contributed by atoms with van der Waals surface area (Å²) in [5.41, 5.74) is 5.28. The van der Waals surface area contributed by atoms with E-state index in [0.717, 1.165) is 11.0 Å². The van der Waals surface area contributed by atoms with E-state index in [9.17, 15) is 31.9 Å². The van der Waals surface area contributed by atoms with Gasteiger partial charge in [-0.25, -0.2) is 8.78 Å². The van der Waals surface area contributed by atoms with Crippen molar-refractivity contribution in [1.29, 1.82) is 0 Å². The molecule has 0 saturated carbocycles. The predicted octanol–water partition coefficient (Wildman–Crippen LogP) is 1.67. The monoisotopic (exact) mass is 478 g/mol. The number of nitrogens with two attached hydrogens (primary N) is 1. The van der Waals surface area contributed by atoms with Gasteiger partial charge >= 0.3 is 6.61 Å². The van der Waals surface area contributed by atoms with Crippen LogP contribution in [0.5, 0.6) is 5.75 Å². The van der Waals surface area contributed by atoms with Gasteiger partial charge in [0.25, 0.3) is 18.2 Å². The van der Waals surface area contributed by atoms with Gasteiger partial charge in [-0.3, -0.25) is 19.3 Å². The molecule has 1 aliphatic heterocycles. The molecular weight excluding hydrogens is 452 g/mol. The molecule has 0 aromatic heterocycles. The fourth-order valence-corrected chi connectivity index (χ4v) is 3.40. The molecule has 184 valence electrons. The largest absolute Gasteiger partial charge is 0.433 e. The van der Waals surface area contributed by atoms with Crippen molar-refractivity contribution >= 4 is 29.1 Å². The van der Waals surface area contributed by atoms with Crippen molar-refractivity contribution in [3.63, 3.8) is 0 Å². The SMILES string of the molecule is CC(C)CN(CC(F)F)[C@@H](C(N)=O)C(=O)Nc1ccc(N2CCOCC2=O)c(OC(F)F)c1. The van der Waals surface area contributed by atoms with E-state index in [-0.39, 0.29) is 43.6 Å². The summed E-state index contributed by atoms with van der Waals surface area (Å²) < 4.78 is 61.5. The van der Waals surface area contributed by atoms with Gasteiger partial charge in [0.1, 0.15) is 6.61 Å². The highest BCUT2D eigenvalue weighted by molar-refractivity contribution is 6.09. The molecule has 1 aromatic rings. The maximum atomic E-state index is 13.0. The molecule has 2 rings (SSSR count). The van der Waals surface area contributed by atoms with Gasteiger partial charge < -0.3 is 25.4 Å². The van der Waals surface area contributed by atoms with E-state index in [2.05, 4.69) is 10.1 Å². The minimum absolute atomic E-state index is 0.0107. The Hall–Kier alpha value is -2.93. The Morgan fingerprint density at radius 3 is 2.48 bits per heavy atom. The zero-order chi connectivity index (χ0) is 24.7. The average molecular weight is 478 g/mol. The first-order valence-corrected chi connectivity index (χ1v) is 10.1. The number of nitrogens with one attached hydrogen (secondary N) is 1. The van der Waals surface area contributed by atoms with Gasteiger partial charge in [0, 0.05) is 24.8 Å². The van der Waals surface area contributed by atoms with Crippen molar-refractivity contribution in [2.24, 2.45) is 11.7 Å². The number of ether oxygens (including phenoxy) is 2. The van der Waals surface area contributed by atoms with Crippen LogP contribution in [0, 0.1) is 5.92 Å². The van der Waals surface area contributed by atoms with Crippen molar-refractivity contribution < 1.29 is 41.4 Å². The van der Waals surface area contributed by atoms with Gasteiger partial charge in [-0.05, 0) is 18.1 Å². The molecule has 1 saturated heterocycles. The summed E-state index contributed by atoms with van der Waals surface area (Å²) in [5, 5.41) is 2.33. The minimum Gasteiger partial charge on any atom is -0.433 e. The van der Waals surface area contributed by atoms with Gasteiger partial charge in [0.05, 0.1) is 18.8 Å². The molecule has 0 bridgehead atoms. The maximum Gasteiger partial charge on any atom is 0.387 e. The molecule has 0 unspecified atom stereocenters. The van der Waals surface area contributed by atoms with E-state index < -0.39 is 49.1 Å². The third-order valence-electron chi connectivity index (χ3n) is 4.58. The van der Waals surface area contributed by atoms with Gasteiger partial charge in [-0.15, -0.1) is 0 Å². The van der Waals surface area contributed by atoms with Crippen molar-refractivity contribution in [3.8, 4) is 5.75 Å². The molecule has 3 N–H and O–H groups in total. The summed E-state index contributed by atoms with van der Waals surface area (Å²) in [6.45, 7) is -0.609. The van der Waals surface area contributed by atoms with Crippen LogP contribution in [0.4, 0.5) is 28.9 Å². The van der Waals surface area contributed by atoms with Crippen LogP contribution in [0.2, 0.25) is 0 Å². The van der Waals surface area contributed by atoms with Crippen molar-refractivity contribution in [2.45, 2.75) is 32.9 Å². The molecule has 1 atom stereocenters. The second-order valence-corrected chi connectivity index (χ2v) is 7.69. The van der Waals surface area contributed by atoms with E-state index in [4.69, 9.17) is 10.5 Å². The molecule has 1 heterocycles. The number of morpholine rings is 1. The van der Waals surface area contributed by atoms with Gasteiger partial charge in [0.2, 0.25) is 5.91 Å². The quantitative estimate of drug-likeness (QED) is 0.370. The molecular formula is C20H26F4N4O5. The van der Waals surface area contributed by atoms with Crippen LogP contribution in [0.15, 0.2) is 18.2 Å². The fourth-order valence-electron chi connectivity index (χ4n) is 3.40. The lowest BCUT2D eigenvalue weighted by Gasteiger charge is -2.30. The summed E-state index contributed by atoms with van der Waals surface area (Å²) in [7, 11) is 0. The zero-order valence-corrected chi connectivity index (χ0v) is 18.1. The Morgan fingerprint density at radius 1 is 1.24 bits per heavy atom. The molecule has 3 amide bonds. The van der Waals surface area contributed by atoms with Crippen molar-refractivity contribution in [1.82, 2.24) is 4.90 Å². The third-order valence-corrected chi connectivity index (χ3v) is 4.58. The van der Waals surface area contributed by atoms with Crippen LogP contribution >= 0.6 is 0 Å². The molecule has 1 aliphatic rings. The number of anilines is 2. The number of hydrogen-bond acceptors (Lipinski definition) is 6. The number of carbonyl (C=O) groups excluding carboxylic acids is 3. The van der Waals surface area contributed by atoms with Gasteiger partial charge in [-0.1, -0.05) is 13.8 Å². The second-order valence-electron chi connectivity index (χ2n) is 7.69. The van der Waals surface area contributed by atoms with E-state index in [0.29, 0.717) is 0 Å². The van der Waals surface area contributed by atoms with E-state index in [1.807, 2.05) is 0 Å². The Balaban J connectivity index is 2.31. The normalized spacial score (nSPS) is 15.5. The number of hydrogen-bond donors (Lipinski definition) is 2. The van der Waals surface area contributed by atoms with Crippen LogP contribution in [0.1, 0.15) is 13.8 Å². The Bertz CT molecular complexity index is 846. The zero-order valence-electron chi connectivity index (χ0n) is 18.1. The van der Waals surface area contributed by atoms with Crippen LogP contribution in [-0.2, 0) is 19.1 Å². The first kappa shape index (κ1) is 26.3. The topological polar surface area (TPSA) is 114 Å². The number of amides is 3. The molecule has 1 fully saturated rings. The predicted molar refractivity (Wildman–Crippen MR) is 110 cm³/mol. The number of rotatable bonds is 11. The second kappa shape index (κ2) is 11.8. The average Bonchev–Trinajstić information content (AvgIpc) is 2.67. The number of carbonyl (C=O) groups is 3. The summed E-state index contributed by atoms with van der Waals surface area (Å²) in [5.74, 6) is -3.19. The molecule has 0 spiro atoms. The van der Waals surface area contributed by atoms with Crippen molar-refractivity contribution in [2.75, 3.05) is 43.1 Å². The first-order chi connectivity index (χ1) is 15.5. The summed E-state index contributed by atoms with van der Waals surface area (Å²) >= 11 is 0. The third kappa shape index (κ3) is 7.56. The fraction of sp³-hybridized carbons (Fsp3) is 0.550. The lowest BCUT2D eigenvalue weighted by Crippen LogP contribution is -2.54. The number of alkyl halides is 4. The van der Waals surface area contributed by atoms with Crippen molar-refractivity contribution in [3.05, 3.63) is 18.2 Å². The standard InChI is InChI=1S/C20H26F4N4O5/c1-11(2)8-27(9-15(21)22)17(18(25)30)19(31)26-12-3-4-13(14(7-12)33-20(23)24)28-5-6-32-10-16(28)29/h3-4,7,11,15,17,20H,5-6,8-10H2,1-2H3,(H2,25,30)(H,26,31)/t17-/m0/s1. The van der Waals surface area contributed by atoms with E-state index >= 15 is 0 Å².